The molecule has 1 aliphatic heterocycles. The summed E-state index contributed by atoms with van der Waals surface area (Å²) in [5.74, 6) is 0.801. The first kappa shape index (κ1) is 18.1. The highest BCUT2D eigenvalue weighted by Gasteiger charge is 2.23. The summed E-state index contributed by atoms with van der Waals surface area (Å²) in [6.45, 7) is 4.02. The van der Waals surface area contributed by atoms with Gasteiger partial charge in [0, 0.05) is 55.6 Å². The van der Waals surface area contributed by atoms with Crippen molar-refractivity contribution < 1.29 is 4.42 Å². The van der Waals surface area contributed by atoms with Crippen molar-refractivity contribution >= 4 is 17.4 Å². The van der Waals surface area contributed by atoms with Gasteiger partial charge in [-0.25, -0.2) is 19.5 Å². The molecule has 0 amide bonds. The van der Waals surface area contributed by atoms with Gasteiger partial charge >= 0.3 is 0 Å². The van der Waals surface area contributed by atoms with Crippen LogP contribution in [0, 0.1) is 6.92 Å². The molecule has 0 saturated carbocycles. The Morgan fingerprint density at radius 1 is 1.31 bits per heavy atom. The fraction of sp³-hybridized carbons (Fsp3) is 0.300. The molecule has 0 aliphatic carbocycles. The number of nitrogens with zero attached hydrogens (tertiary/aromatic N) is 5. The molecule has 5 rings (SSSR count). The molecule has 1 N–H and O–H groups in total. The second-order valence-corrected chi connectivity index (χ2v) is 7.91. The average molecular weight is 408 g/mol. The van der Waals surface area contributed by atoms with Crippen molar-refractivity contribution in [1.29, 1.82) is 0 Å². The molecule has 0 spiro atoms. The number of rotatable bonds is 4. The van der Waals surface area contributed by atoms with Crippen molar-refractivity contribution in [1.82, 2.24) is 29.5 Å². The Bertz CT molecular complexity index is 1240. The van der Waals surface area contributed by atoms with Crippen molar-refractivity contribution in [2.45, 2.75) is 31.6 Å². The topological polar surface area (TPSA) is 92.3 Å². The van der Waals surface area contributed by atoms with Gasteiger partial charge in [-0.2, -0.15) is 0 Å². The van der Waals surface area contributed by atoms with E-state index in [4.69, 9.17) is 9.40 Å². The second-order valence-electron chi connectivity index (χ2n) is 7.13. The third kappa shape index (κ3) is 3.26. The normalized spacial score (nSPS) is 14.4. The summed E-state index contributed by atoms with van der Waals surface area (Å²) in [5, 5.41) is 3.94. The molecule has 0 unspecified atom stereocenters. The minimum Gasteiger partial charge on any atom is -0.469 e. The summed E-state index contributed by atoms with van der Waals surface area (Å²) in [6, 6.07) is 3.79. The summed E-state index contributed by atoms with van der Waals surface area (Å²) >= 11 is 1.52. The van der Waals surface area contributed by atoms with E-state index in [9.17, 15) is 4.79 Å². The lowest BCUT2D eigenvalue weighted by molar-refractivity contribution is 0.241. The Labute approximate surface area is 171 Å². The first-order valence-corrected chi connectivity index (χ1v) is 10.6. The first-order valence-electron chi connectivity index (χ1n) is 9.37. The fourth-order valence-corrected chi connectivity index (χ4v) is 4.08. The largest absolute Gasteiger partial charge is 0.469 e. The zero-order chi connectivity index (χ0) is 20.0. The number of furan rings is 1. The highest BCUT2D eigenvalue weighted by Crippen LogP contribution is 2.24. The summed E-state index contributed by atoms with van der Waals surface area (Å²) < 4.78 is 6.91. The van der Waals surface area contributed by atoms with E-state index >= 15 is 0 Å². The molecule has 0 fully saturated rings. The minimum atomic E-state index is -0.0453. The fourth-order valence-electron chi connectivity index (χ4n) is 3.76. The van der Waals surface area contributed by atoms with Crippen molar-refractivity contribution in [3.05, 3.63) is 63.7 Å². The van der Waals surface area contributed by atoms with E-state index in [1.807, 2.05) is 37.7 Å². The van der Waals surface area contributed by atoms with E-state index in [0.717, 1.165) is 52.0 Å². The first-order chi connectivity index (χ1) is 14.1. The molecule has 4 aromatic rings. The zero-order valence-electron chi connectivity index (χ0n) is 16.2. The van der Waals surface area contributed by atoms with Crippen LogP contribution >= 0.6 is 11.8 Å². The summed E-state index contributed by atoms with van der Waals surface area (Å²) in [4.78, 5) is 28.8. The third-order valence-electron chi connectivity index (χ3n) is 5.26. The number of hydrogen-bond acceptors (Lipinski definition) is 7. The Kier molecular flexibility index (Phi) is 4.48. The van der Waals surface area contributed by atoms with Crippen molar-refractivity contribution in [2.75, 3.05) is 12.8 Å². The van der Waals surface area contributed by atoms with Crippen LogP contribution in [0.4, 0.5) is 0 Å². The van der Waals surface area contributed by atoms with E-state index in [1.54, 1.807) is 6.26 Å². The molecule has 8 nitrogen and oxygen atoms in total. The van der Waals surface area contributed by atoms with Crippen LogP contribution in [0.5, 0.6) is 0 Å². The second kappa shape index (κ2) is 7.16. The van der Waals surface area contributed by atoms with Gasteiger partial charge in [0.05, 0.1) is 23.2 Å². The van der Waals surface area contributed by atoms with E-state index < -0.39 is 0 Å². The van der Waals surface area contributed by atoms with Gasteiger partial charge in [-0.3, -0.25) is 14.8 Å². The Balaban J connectivity index is 1.45. The monoisotopic (exact) mass is 408 g/mol. The lowest BCUT2D eigenvalue weighted by atomic mass is 10.1. The van der Waals surface area contributed by atoms with E-state index in [1.165, 1.54) is 16.3 Å². The summed E-state index contributed by atoms with van der Waals surface area (Å²) in [5.41, 5.74) is 5.02. The minimum absolute atomic E-state index is 0.0453. The van der Waals surface area contributed by atoms with E-state index in [0.29, 0.717) is 18.7 Å². The highest BCUT2D eigenvalue weighted by molar-refractivity contribution is 7.98. The highest BCUT2D eigenvalue weighted by atomic mass is 32.2. The Morgan fingerprint density at radius 2 is 2.14 bits per heavy atom. The Hall–Kier alpha value is -2.91. The van der Waals surface area contributed by atoms with Gasteiger partial charge in [0.15, 0.2) is 10.8 Å². The van der Waals surface area contributed by atoms with Crippen LogP contribution < -0.4 is 5.56 Å². The number of nitrogens with one attached hydrogen (secondary N) is 1. The summed E-state index contributed by atoms with van der Waals surface area (Å²) in [6.07, 6.45) is 8.05. The van der Waals surface area contributed by atoms with Gasteiger partial charge in [0.2, 0.25) is 0 Å². The number of aromatic amines is 1. The lowest BCUT2D eigenvalue weighted by Gasteiger charge is -2.27. The predicted octanol–water partition coefficient (Wildman–Crippen LogP) is 2.66. The number of thioether (sulfide) groups is 1. The van der Waals surface area contributed by atoms with Crippen LogP contribution in [-0.4, -0.2) is 42.3 Å². The molecule has 0 atom stereocenters. The number of H-pyrrole nitrogens is 1. The predicted molar refractivity (Wildman–Crippen MR) is 110 cm³/mol. The van der Waals surface area contributed by atoms with Crippen LogP contribution in [0.15, 0.2) is 45.2 Å². The van der Waals surface area contributed by atoms with Gasteiger partial charge in [-0.15, -0.1) is 0 Å². The van der Waals surface area contributed by atoms with Gasteiger partial charge in [0.25, 0.3) is 5.56 Å². The molecule has 1 aliphatic rings. The molecule has 9 heteroatoms. The van der Waals surface area contributed by atoms with Crippen molar-refractivity contribution in [2.24, 2.45) is 0 Å². The van der Waals surface area contributed by atoms with Crippen LogP contribution in [-0.2, 0) is 19.5 Å². The van der Waals surface area contributed by atoms with Crippen LogP contribution in [0.2, 0.25) is 0 Å². The number of fused-ring (bicyclic) bond motifs is 2. The average Bonchev–Trinajstić information content (AvgIpc) is 3.35. The maximum Gasteiger partial charge on any atom is 0.277 e. The molecule has 5 heterocycles. The van der Waals surface area contributed by atoms with Crippen LogP contribution in [0.1, 0.15) is 22.6 Å². The molecular weight excluding hydrogens is 388 g/mol. The van der Waals surface area contributed by atoms with Crippen LogP contribution in [0.3, 0.4) is 0 Å². The van der Waals surface area contributed by atoms with Gasteiger partial charge in [0.1, 0.15) is 5.76 Å². The van der Waals surface area contributed by atoms with Gasteiger partial charge < -0.3 is 4.42 Å². The molecule has 0 bridgehead atoms. The quantitative estimate of drug-likeness (QED) is 0.410. The Morgan fingerprint density at radius 3 is 2.86 bits per heavy atom. The molecule has 0 aromatic carbocycles. The summed E-state index contributed by atoms with van der Waals surface area (Å²) in [7, 11) is 0. The lowest BCUT2D eigenvalue weighted by Crippen LogP contribution is -2.36. The van der Waals surface area contributed by atoms with Gasteiger partial charge in [-0.05, 0) is 19.2 Å². The molecule has 29 heavy (non-hydrogen) atoms. The zero-order valence-corrected chi connectivity index (χ0v) is 17.0. The maximum absolute atomic E-state index is 13.1. The molecule has 4 aromatic heterocycles. The molecule has 148 valence electrons. The number of hydrogen-bond donors (Lipinski definition) is 1. The van der Waals surface area contributed by atoms with E-state index in [-0.39, 0.29) is 5.56 Å². The third-order valence-corrected chi connectivity index (χ3v) is 5.84. The van der Waals surface area contributed by atoms with Crippen molar-refractivity contribution in [3.63, 3.8) is 0 Å². The molecule has 0 radical (unpaired) electrons. The number of aromatic nitrogens is 5. The maximum atomic E-state index is 13.1. The standard InChI is InChI=1S/C20H20N6O2S/c1-12-14(4-6-28-12)17-7-18-23-16-3-5-25(11-15(16)19(27)26(18)24-17)10-13-8-21-20(29-2)22-9-13/h4,6-9,24H,3,5,10-11H2,1-2H3. The molecule has 0 saturated heterocycles. The van der Waals surface area contributed by atoms with E-state index in [2.05, 4.69) is 20.0 Å². The van der Waals surface area contributed by atoms with Crippen molar-refractivity contribution in [3.8, 4) is 11.3 Å². The SMILES string of the molecule is CSc1ncc(CN2CCc3nc4cc(-c5ccoc5C)[nH]n4c(=O)c3C2)cn1. The van der Waals surface area contributed by atoms with Crippen LogP contribution in [0.25, 0.3) is 16.9 Å². The molecular formula is C20H20N6O2S. The van der Waals surface area contributed by atoms with Gasteiger partial charge in [-0.1, -0.05) is 11.8 Å². The number of aryl methyl sites for hydroxylation is 1. The smallest absolute Gasteiger partial charge is 0.277 e.